The first-order chi connectivity index (χ1) is 15.3. The van der Waals surface area contributed by atoms with E-state index >= 15 is 0 Å². The Morgan fingerprint density at radius 1 is 0.452 bits per heavy atom. The van der Waals surface area contributed by atoms with Crippen LogP contribution in [0.15, 0.2) is 60.7 Å². The Bertz CT molecular complexity index is 677. The molecule has 0 aromatic heterocycles. The zero-order valence-electron chi connectivity index (χ0n) is 19.7. The van der Waals surface area contributed by atoms with Gasteiger partial charge in [-0.05, 0) is 57.8 Å². The van der Waals surface area contributed by atoms with Crippen LogP contribution in [0.1, 0.15) is 68.9 Å². The maximum absolute atomic E-state index is 2.34. The lowest BCUT2D eigenvalue weighted by Crippen LogP contribution is -2.52. The monoisotopic (exact) mass is 420 g/mol. The number of likely N-dealkylation sites (tertiary alicyclic amines) is 2. The highest BCUT2D eigenvalue weighted by molar-refractivity contribution is 5.14. The van der Waals surface area contributed by atoms with Crippen LogP contribution in [0, 0.1) is 0 Å². The second kappa shape index (κ2) is 11.3. The summed E-state index contributed by atoms with van der Waals surface area (Å²) in [7, 11) is 0. The summed E-state index contributed by atoms with van der Waals surface area (Å²) in [6, 6.07) is 22.5. The third kappa shape index (κ3) is 6.67. The minimum absolute atomic E-state index is 1.24. The molecule has 0 radical (unpaired) electrons. The van der Waals surface area contributed by atoms with Gasteiger partial charge in [-0.1, -0.05) is 60.7 Å². The van der Waals surface area contributed by atoms with E-state index in [1.165, 1.54) is 130 Å². The summed E-state index contributed by atoms with van der Waals surface area (Å²) in [4.78, 5) is 0. The quantitative estimate of drug-likeness (QED) is 0.302. The van der Waals surface area contributed by atoms with Gasteiger partial charge in [0, 0.05) is 11.1 Å². The van der Waals surface area contributed by atoms with Crippen LogP contribution in [-0.4, -0.2) is 48.2 Å². The van der Waals surface area contributed by atoms with E-state index in [1.54, 1.807) is 0 Å². The molecule has 0 saturated carbocycles. The van der Waals surface area contributed by atoms with Crippen LogP contribution in [-0.2, 0) is 13.1 Å². The molecular formula is C29H44N2+2. The smallest absolute Gasteiger partial charge is 0.104 e. The Morgan fingerprint density at radius 2 is 0.839 bits per heavy atom. The van der Waals surface area contributed by atoms with Crippen LogP contribution in [0.4, 0.5) is 0 Å². The van der Waals surface area contributed by atoms with E-state index in [0.717, 1.165) is 0 Å². The average molecular weight is 421 g/mol. The van der Waals surface area contributed by atoms with E-state index in [4.69, 9.17) is 0 Å². The molecule has 0 bridgehead atoms. The molecule has 2 aliphatic rings. The molecule has 0 spiro atoms. The number of rotatable bonds is 10. The summed E-state index contributed by atoms with van der Waals surface area (Å²) in [6.07, 6.45) is 12.8. The van der Waals surface area contributed by atoms with E-state index < -0.39 is 0 Å². The summed E-state index contributed by atoms with van der Waals surface area (Å²) in [6.45, 7) is 10.8. The molecule has 2 saturated heterocycles. The lowest BCUT2D eigenvalue weighted by molar-refractivity contribution is -0.947. The number of hydrogen-bond acceptors (Lipinski definition) is 0. The van der Waals surface area contributed by atoms with E-state index in [0.29, 0.717) is 0 Å². The first-order valence-electron chi connectivity index (χ1n) is 13.1. The first-order valence-corrected chi connectivity index (χ1v) is 13.1. The van der Waals surface area contributed by atoms with Crippen molar-refractivity contribution in [3.05, 3.63) is 71.8 Å². The molecule has 0 amide bonds. The Labute approximate surface area is 191 Å². The van der Waals surface area contributed by atoms with Crippen LogP contribution in [0.2, 0.25) is 0 Å². The molecule has 2 heterocycles. The van der Waals surface area contributed by atoms with Gasteiger partial charge in [0.15, 0.2) is 0 Å². The van der Waals surface area contributed by atoms with Crippen molar-refractivity contribution in [2.24, 2.45) is 0 Å². The van der Waals surface area contributed by atoms with E-state index in [1.807, 2.05) is 0 Å². The summed E-state index contributed by atoms with van der Waals surface area (Å²) in [5.74, 6) is 0. The molecule has 4 rings (SSSR count). The van der Waals surface area contributed by atoms with E-state index in [9.17, 15) is 0 Å². The third-order valence-electron chi connectivity index (χ3n) is 8.02. The van der Waals surface area contributed by atoms with Crippen LogP contribution in [0.5, 0.6) is 0 Å². The highest BCUT2D eigenvalue weighted by Crippen LogP contribution is 2.26. The standard InChI is InChI=1S/C29H44N2/c1-6-16-28(17-7-1)26-30(20-10-3-11-21-30)24-14-5-15-25-31(22-12-4-13-23-31)27-29-18-8-2-9-19-29/h1-2,6-9,16-19H,3-5,10-15,20-27H2/q+2. The van der Waals surface area contributed by atoms with Crippen molar-refractivity contribution >= 4 is 0 Å². The van der Waals surface area contributed by atoms with Crippen LogP contribution < -0.4 is 0 Å². The summed E-state index contributed by atoms with van der Waals surface area (Å²) < 4.78 is 2.68. The number of quaternary nitrogens is 2. The van der Waals surface area contributed by atoms with Gasteiger partial charge in [-0.3, -0.25) is 0 Å². The van der Waals surface area contributed by atoms with Gasteiger partial charge < -0.3 is 8.97 Å². The van der Waals surface area contributed by atoms with Crippen molar-refractivity contribution in [2.75, 3.05) is 39.3 Å². The second-order valence-corrected chi connectivity index (χ2v) is 10.5. The predicted molar refractivity (Wildman–Crippen MR) is 132 cm³/mol. The van der Waals surface area contributed by atoms with Gasteiger partial charge in [0.05, 0.1) is 39.3 Å². The summed E-state index contributed by atoms with van der Waals surface area (Å²) >= 11 is 0. The predicted octanol–water partition coefficient (Wildman–Crippen LogP) is 6.56. The minimum atomic E-state index is 1.24. The molecule has 2 fully saturated rings. The highest BCUT2D eigenvalue weighted by atomic mass is 15.4. The van der Waals surface area contributed by atoms with Gasteiger partial charge in [-0.25, -0.2) is 0 Å². The molecule has 2 heteroatoms. The fraction of sp³-hybridized carbons (Fsp3) is 0.586. The van der Waals surface area contributed by atoms with Gasteiger partial charge in [0.2, 0.25) is 0 Å². The molecule has 2 aliphatic heterocycles. The molecule has 0 N–H and O–H groups in total. The molecular weight excluding hydrogens is 376 g/mol. The van der Waals surface area contributed by atoms with Crippen molar-refractivity contribution in [1.82, 2.24) is 0 Å². The van der Waals surface area contributed by atoms with Crippen LogP contribution >= 0.6 is 0 Å². The van der Waals surface area contributed by atoms with Gasteiger partial charge in [-0.15, -0.1) is 0 Å². The maximum atomic E-state index is 2.34. The normalized spacial score (nSPS) is 20.4. The van der Waals surface area contributed by atoms with Crippen molar-refractivity contribution in [3.8, 4) is 0 Å². The van der Waals surface area contributed by atoms with Crippen molar-refractivity contribution in [1.29, 1.82) is 0 Å². The molecule has 31 heavy (non-hydrogen) atoms. The SMILES string of the molecule is c1ccc(C[N+]2(CCCCC[N+]3(Cc4ccccc4)CCCCC3)CCCCC2)cc1. The summed E-state index contributed by atoms with van der Waals surface area (Å²) in [5, 5.41) is 0. The van der Waals surface area contributed by atoms with Crippen molar-refractivity contribution in [2.45, 2.75) is 70.9 Å². The number of piperidine rings is 2. The lowest BCUT2D eigenvalue weighted by atomic mass is 10.0. The fourth-order valence-corrected chi connectivity index (χ4v) is 6.30. The average Bonchev–Trinajstić information content (AvgIpc) is 2.81. The fourth-order valence-electron chi connectivity index (χ4n) is 6.30. The maximum Gasteiger partial charge on any atom is 0.104 e. The molecule has 2 nitrogen and oxygen atoms in total. The minimum Gasteiger partial charge on any atom is -0.320 e. The molecule has 2 aromatic rings. The zero-order chi connectivity index (χ0) is 21.2. The van der Waals surface area contributed by atoms with Crippen molar-refractivity contribution < 1.29 is 8.97 Å². The number of nitrogens with zero attached hydrogens (tertiary/aromatic N) is 2. The Balaban J connectivity index is 1.28. The van der Waals surface area contributed by atoms with E-state index in [2.05, 4.69) is 60.7 Å². The Morgan fingerprint density at radius 3 is 1.23 bits per heavy atom. The van der Waals surface area contributed by atoms with Crippen LogP contribution in [0.3, 0.4) is 0 Å². The van der Waals surface area contributed by atoms with Gasteiger partial charge in [0.1, 0.15) is 13.1 Å². The molecule has 168 valence electrons. The third-order valence-corrected chi connectivity index (χ3v) is 8.02. The van der Waals surface area contributed by atoms with Crippen LogP contribution in [0.25, 0.3) is 0 Å². The number of benzene rings is 2. The molecule has 0 atom stereocenters. The largest absolute Gasteiger partial charge is 0.320 e. The zero-order valence-corrected chi connectivity index (χ0v) is 19.7. The highest BCUT2D eigenvalue weighted by Gasteiger charge is 2.31. The molecule has 0 aliphatic carbocycles. The Kier molecular flexibility index (Phi) is 8.21. The molecule has 2 aromatic carbocycles. The van der Waals surface area contributed by atoms with Gasteiger partial charge >= 0.3 is 0 Å². The Hall–Kier alpha value is -1.64. The first kappa shape index (κ1) is 22.6. The van der Waals surface area contributed by atoms with Gasteiger partial charge in [-0.2, -0.15) is 0 Å². The topological polar surface area (TPSA) is 0 Å². The van der Waals surface area contributed by atoms with Gasteiger partial charge in [0.25, 0.3) is 0 Å². The number of hydrogen-bond donors (Lipinski definition) is 0. The number of unbranched alkanes of at least 4 members (excludes halogenated alkanes) is 2. The summed E-state index contributed by atoms with van der Waals surface area (Å²) in [5.41, 5.74) is 3.06. The second-order valence-electron chi connectivity index (χ2n) is 10.5. The molecule has 0 unspecified atom stereocenters. The van der Waals surface area contributed by atoms with Crippen molar-refractivity contribution in [3.63, 3.8) is 0 Å². The lowest BCUT2D eigenvalue weighted by Gasteiger charge is -2.43. The van der Waals surface area contributed by atoms with E-state index in [-0.39, 0.29) is 0 Å².